The highest BCUT2D eigenvalue weighted by atomic mass is 19.3. The van der Waals surface area contributed by atoms with E-state index in [-0.39, 0.29) is 12.6 Å². The lowest BCUT2D eigenvalue weighted by Gasteiger charge is -2.31. The Balaban J connectivity index is 1.35. The van der Waals surface area contributed by atoms with Crippen LogP contribution in [0.25, 0.3) is 27.9 Å². The van der Waals surface area contributed by atoms with Gasteiger partial charge >= 0.3 is 0 Å². The number of nitrogens with zero attached hydrogens (tertiary/aromatic N) is 7. The topological polar surface area (TPSA) is 76.2 Å². The number of hydrogen-bond acceptors (Lipinski definition) is 6. The van der Waals surface area contributed by atoms with Crippen molar-refractivity contribution in [1.82, 2.24) is 34.0 Å². The van der Waals surface area contributed by atoms with Crippen molar-refractivity contribution >= 4 is 22.6 Å². The molecule has 180 valence electrons. The molecule has 0 aromatic carbocycles. The second-order valence-corrected chi connectivity index (χ2v) is 8.45. The first-order chi connectivity index (χ1) is 16.4. The zero-order valence-corrected chi connectivity index (χ0v) is 18.5. The molecule has 4 aromatic rings. The summed E-state index contributed by atoms with van der Waals surface area (Å²) >= 11 is 0. The van der Waals surface area contributed by atoms with Gasteiger partial charge in [0.25, 0.3) is 12.9 Å². The SMILES string of the molecule is Cc1nc2ccc(-c3ccn4nc(NC5CCN(CC(F)F)CC5)ncc34)nc2n1CC(F)F. The van der Waals surface area contributed by atoms with E-state index in [1.807, 2.05) is 6.07 Å². The standard InChI is InChI=1S/C22H24F4N8/c1-13-28-17-3-2-16(30-21(17)33(13)12-20(25)26)15-6-9-34-18(15)10-27-22(31-34)29-14-4-7-32(8-5-14)11-19(23)24/h2-3,6,9-10,14,19-20H,4-5,7-8,11-12H2,1H3,(H,29,31). The summed E-state index contributed by atoms with van der Waals surface area (Å²) in [6, 6.07) is 5.54. The minimum atomic E-state index is -2.51. The molecule has 0 saturated carbocycles. The van der Waals surface area contributed by atoms with E-state index in [0.29, 0.717) is 41.7 Å². The minimum absolute atomic E-state index is 0.115. The third kappa shape index (κ3) is 4.54. The predicted molar refractivity (Wildman–Crippen MR) is 119 cm³/mol. The number of fused-ring (bicyclic) bond motifs is 2. The first-order valence-corrected chi connectivity index (χ1v) is 11.1. The van der Waals surface area contributed by atoms with Gasteiger partial charge in [-0.25, -0.2) is 37.0 Å². The van der Waals surface area contributed by atoms with Gasteiger partial charge in [0.05, 0.1) is 30.5 Å². The predicted octanol–water partition coefficient (Wildman–Crippen LogP) is 3.86. The molecule has 5 heterocycles. The Hall–Kier alpha value is -3.28. The van der Waals surface area contributed by atoms with Crippen LogP contribution in [0.4, 0.5) is 23.5 Å². The third-order valence-corrected chi connectivity index (χ3v) is 6.11. The Morgan fingerprint density at radius 1 is 1.03 bits per heavy atom. The number of aromatic nitrogens is 6. The van der Waals surface area contributed by atoms with Gasteiger partial charge in [-0.1, -0.05) is 0 Å². The van der Waals surface area contributed by atoms with Crippen molar-refractivity contribution in [2.75, 3.05) is 25.0 Å². The van der Waals surface area contributed by atoms with Gasteiger partial charge in [-0.15, -0.1) is 5.10 Å². The molecule has 1 fully saturated rings. The molecule has 1 aliphatic rings. The summed E-state index contributed by atoms with van der Waals surface area (Å²) in [5.41, 5.74) is 3.08. The average Bonchev–Trinajstić information content (AvgIpc) is 3.34. The number of aryl methyl sites for hydroxylation is 1. The summed E-state index contributed by atoms with van der Waals surface area (Å²) in [5.74, 6) is 0.941. The number of pyridine rings is 1. The van der Waals surface area contributed by atoms with Crippen molar-refractivity contribution < 1.29 is 17.6 Å². The second-order valence-electron chi connectivity index (χ2n) is 8.45. The maximum atomic E-state index is 13.0. The van der Waals surface area contributed by atoms with Crippen molar-refractivity contribution in [3.63, 3.8) is 0 Å². The zero-order chi connectivity index (χ0) is 23.8. The molecule has 1 N–H and O–H groups in total. The molecule has 1 aliphatic heterocycles. The van der Waals surface area contributed by atoms with E-state index < -0.39 is 19.4 Å². The summed E-state index contributed by atoms with van der Waals surface area (Å²) in [7, 11) is 0. The number of hydrogen-bond donors (Lipinski definition) is 1. The van der Waals surface area contributed by atoms with Gasteiger partial charge < -0.3 is 9.88 Å². The third-order valence-electron chi connectivity index (χ3n) is 6.11. The van der Waals surface area contributed by atoms with Crippen LogP contribution in [0.5, 0.6) is 0 Å². The maximum Gasteiger partial charge on any atom is 0.256 e. The summed E-state index contributed by atoms with van der Waals surface area (Å²) in [4.78, 5) is 15.1. The number of rotatable bonds is 7. The largest absolute Gasteiger partial charge is 0.350 e. The molecule has 0 amide bonds. The number of likely N-dealkylation sites (tertiary alicyclic amines) is 1. The second kappa shape index (κ2) is 9.16. The van der Waals surface area contributed by atoms with Gasteiger partial charge in [-0.2, -0.15) is 0 Å². The van der Waals surface area contributed by atoms with Crippen molar-refractivity contribution in [1.29, 1.82) is 0 Å². The van der Waals surface area contributed by atoms with Crippen LogP contribution in [-0.4, -0.2) is 72.6 Å². The smallest absolute Gasteiger partial charge is 0.256 e. The Morgan fingerprint density at radius 2 is 1.79 bits per heavy atom. The van der Waals surface area contributed by atoms with E-state index in [4.69, 9.17) is 0 Å². The molecule has 5 rings (SSSR count). The molecule has 34 heavy (non-hydrogen) atoms. The Bertz CT molecular complexity index is 1290. The first kappa shape index (κ1) is 22.5. The van der Waals surface area contributed by atoms with Crippen molar-refractivity contribution in [3.8, 4) is 11.3 Å². The van der Waals surface area contributed by atoms with Crippen LogP contribution >= 0.6 is 0 Å². The van der Waals surface area contributed by atoms with E-state index in [0.717, 1.165) is 23.9 Å². The number of nitrogens with one attached hydrogen (secondary N) is 1. The van der Waals surface area contributed by atoms with E-state index in [9.17, 15) is 17.6 Å². The van der Waals surface area contributed by atoms with Crippen LogP contribution in [0.1, 0.15) is 18.7 Å². The zero-order valence-electron chi connectivity index (χ0n) is 18.5. The number of alkyl halides is 4. The molecule has 0 radical (unpaired) electrons. The lowest BCUT2D eigenvalue weighted by Crippen LogP contribution is -2.41. The fourth-order valence-electron chi connectivity index (χ4n) is 4.44. The van der Waals surface area contributed by atoms with Gasteiger partial charge in [-0.3, -0.25) is 4.90 Å². The fraction of sp³-hybridized carbons (Fsp3) is 0.455. The Labute approximate surface area is 192 Å². The van der Waals surface area contributed by atoms with E-state index in [1.54, 1.807) is 40.9 Å². The van der Waals surface area contributed by atoms with Crippen molar-refractivity contribution in [2.45, 2.75) is 45.2 Å². The Kier molecular flexibility index (Phi) is 6.07. The monoisotopic (exact) mass is 476 g/mol. The van der Waals surface area contributed by atoms with Crippen molar-refractivity contribution in [2.24, 2.45) is 0 Å². The fourth-order valence-corrected chi connectivity index (χ4v) is 4.44. The van der Waals surface area contributed by atoms with Gasteiger partial charge in [0.1, 0.15) is 11.3 Å². The summed E-state index contributed by atoms with van der Waals surface area (Å²) in [5, 5.41) is 7.82. The Morgan fingerprint density at radius 3 is 2.53 bits per heavy atom. The van der Waals surface area contributed by atoms with Crippen LogP contribution in [0, 0.1) is 6.92 Å². The molecule has 8 nitrogen and oxygen atoms in total. The number of piperidine rings is 1. The van der Waals surface area contributed by atoms with Crippen molar-refractivity contribution in [3.05, 3.63) is 36.4 Å². The van der Waals surface area contributed by atoms with Crippen LogP contribution in [-0.2, 0) is 6.54 Å². The minimum Gasteiger partial charge on any atom is -0.350 e. The molecular weight excluding hydrogens is 452 g/mol. The quantitative estimate of drug-likeness (QED) is 0.409. The highest BCUT2D eigenvalue weighted by Crippen LogP contribution is 2.27. The lowest BCUT2D eigenvalue weighted by atomic mass is 10.1. The summed E-state index contributed by atoms with van der Waals surface area (Å²) in [6.07, 6.45) is 0.122. The first-order valence-electron chi connectivity index (χ1n) is 11.1. The van der Waals surface area contributed by atoms with E-state index >= 15 is 0 Å². The molecule has 0 spiro atoms. The summed E-state index contributed by atoms with van der Waals surface area (Å²) in [6.45, 7) is 2.24. The van der Waals surface area contributed by atoms with Crippen LogP contribution in [0.3, 0.4) is 0 Å². The van der Waals surface area contributed by atoms with E-state index in [1.165, 1.54) is 4.57 Å². The number of imidazole rings is 1. The summed E-state index contributed by atoms with van der Waals surface area (Å²) < 4.78 is 54.3. The lowest BCUT2D eigenvalue weighted by molar-refractivity contribution is 0.0769. The van der Waals surface area contributed by atoms with E-state index in [2.05, 4.69) is 25.4 Å². The molecular formula is C22H24F4N8. The molecule has 0 aliphatic carbocycles. The highest BCUT2D eigenvalue weighted by Gasteiger charge is 2.22. The molecule has 1 saturated heterocycles. The highest BCUT2D eigenvalue weighted by molar-refractivity contribution is 5.82. The molecule has 0 atom stereocenters. The molecule has 0 unspecified atom stereocenters. The molecule has 0 bridgehead atoms. The average molecular weight is 476 g/mol. The maximum absolute atomic E-state index is 13.0. The number of anilines is 1. The number of halogens is 4. The normalized spacial score (nSPS) is 15.9. The van der Waals surface area contributed by atoms with Crippen LogP contribution < -0.4 is 5.32 Å². The van der Waals surface area contributed by atoms with Gasteiger partial charge in [0.15, 0.2) is 5.65 Å². The van der Waals surface area contributed by atoms with Gasteiger partial charge in [-0.05, 0) is 38.0 Å². The van der Waals surface area contributed by atoms with Crippen LogP contribution in [0.15, 0.2) is 30.6 Å². The van der Waals surface area contributed by atoms with Crippen LogP contribution in [0.2, 0.25) is 0 Å². The van der Waals surface area contributed by atoms with Gasteiger partial charge in [0, 0.05) is 30.9 Å². The molecule has 12 heteroatoms. The molecule has 4 aromatic heterocycles. The van der Waals surface area contributed by atoms with Gasteiger partial charge in [0.2, 0.25) is 5.95 Å².